The highest BCUT2D eigenvalue weighted by Gasteiger charge is 2.12. The molecule has 2 aromatic rings. The molecule has 2 rings (SSSR count). The molecule has 0 aliphatic carbocycles. The normalized spacial score (nSPS) is 10.9. The Balaban J connectivity index is 2.06. The van der Waals surface area contributed by atoms with Gasteiger partial charge in [-0.15, -0.1) is 0 Å². The van der Waals surface area contributed by atoms with E-state index >= 15 is 0 Å². The third kappa shape index (κ3) is 3.59. The van der Waals surface area contributed by atoms with Crippen molar-refractivity contribution < 1.29 is 17.9 Å². The Hall–Kier alpha value is -1.79. The number of rotatable bonds is 6. The first kappa shape index (κ1) is 13.6. The minimum Gasteiger partial charge on any atom is -0.444 e. The van der Waals surface area contributed by atoms with Crippen LogP contribution in [0.25, 0.3) is 11.5 Å². The van der Waals surface area contributed by atoms with Crippen molar-refractivity contribution in [2.24, 2.45) is 0 Å². The van der Waals surface area contributed by atoms with Crippen molar-refractivity contribution in [1.29, 1.82) is 0 Å². The Morgan fingerprint density at radius 2 is 2.21 bits per heavy atom. The lowest BCUT2D eigenvalue weighted by atomic mass is 10.2. The Kier molecular flexibility index (Phi) is 4.59. The molecule has 0 aliphatic rings. The summed E-state index contributed by atoms with van der Waals surface area (Å²) >= 11 is 0. The van der Waals surface area contributed by atoms with E-state index in [9.17, 15) is 8.78 Å². The zero-order chi connectivity index (χ0) is 13.7. The molecule has 6 heteroatoms. The standard InChI is InChI=1S/C13H14F2N2O2/c1-18-5-4-16-7-10-8-19-13(17-10)11-6-9(14)2-3-12(11)15/h2-3,6,8,16H,4-5,7H2,1H3. The number of hydrogen-bond acceptors (Lipinski definition) is 4. The molecule has 0 aliphatic heterocycles. The quantitative estimate of drug-likeness (QED) is 0.817. The average Bonchev–Trinajstić information content (AvgIpc) is 2.86. The second kappa shape index (κ2) is 6.40. The van der Waals surface area contributed by atoms with Crippen LogP contribution in [0.15, 0.2) is 28.9 Å². The zero-order valence-electron chi connectivity index (χ0n) is 10.5. The van der Waals surface area contributed by atoms with Crippen LogP contribution >= 0.6 is 0 Å². The SMILES string of the molecule is COCCNCc1coc(-c2cc(F)ccc2F)n1. The summed E-state index contributed by atoms with van der Waals surface area (Å²) in [6.45, 7) is 1.74. The molecule has 0 radical (unpaired) electrons. The maximum atomic E-state index is 13.5. The van der Waals surface area contributed by atoms with Gasteiger partial charge in [-0.25, -0.2) is 13.8 Å². The molecule has 1 aromatic carbocycles. The number of oxazole rings is 1. The topological polar surface area (TPSA) is 47.3 Å². The lowest BCUT2D eigenvalue weighted by molar-refractivity contribution is 0.199. The summed E-state index contributed by atoms with van der Waals surface area (Å²) in [5, 5.41) is 3.08. The highest BCUT2D eigenvalue weighted by Crippen LogP contribution is 2.22. The molecule has 0 spiro atoms. The lowest BCUT2D eigenvalue weighted by Crippen LogP contribution is -2.18. The molecule has 1 aromatic heterocycles. The molecule has 102 valence electrons. The first-order valence-corrected chi connectivity index (χ1v) is 5.80. The van der Waals surface area contributed by atoms with Crippen LogP contribution in [0.4, 0.5) is 8.78 Å². The molecule has 0 unspecified atom stereocenters. The fourth-order valence-electron chi connectivity index (χ4n) is 1.56. The van der Waals surface area contributed by atoms with Crippen LogP contribution in [0.1, 0.15) is 5.69 Å². The van der Waals surface area contributed by atoms with Gasteiger partial charge in [-0.3, -0.25) is 0 Å². The van der Waals surface area contributed by atoms with Crippen LogP contribution in [-0.4, -0.2) is 25.2 Å². The van der Waals surface area contributed by atoms with Gasteiger partial charge in [0.1, 0.15) is 17.9 Å². The second-order valence-corrected chi connectivity index (χ2v) is 3.94. The fourth-order valence-corrected chi connectivity index (χ4v) is 1.56. The van der Waals surface area contributed by atoms with Crippen molar-refractivity contribution in [2.45, 2.75) is 6.54 Å². The summed E-state index contributed by atoms with van der Waals surface area (Å²) in [6.07, 6.45) is 1.42. The zero-order valence-corrected chi connectivity index (χ0v) is 10.5. The molecule has 19 heavy (non-hydrogen) atoms. The van der Waals surface area contributed by atoms with Crippen molar-refractivity contribution in [3.63, 3.8) is 0 Å². The maximum absolute atomic E-state index is 13.5. The number of hydrogen-bond donors (Lipinski definition) is 1. The van der Waals surface area contributed by atoms with Crippen LogP contribution in [0.2, 0.25) is 0 Å². The number of nitrogens with zero attached hydrogens (tertiary/aromatic N) is 1. The number of ether oxygens (including phenoxy) is 1. The second-order valence-electron chi connectivity index (χ2n) is 3.94. The molecule has 0 atom stereocenters. The Morgan fingerprint density at radius 3 is 3.00 bits per heavy atom. The van der Waals surface area contributed by atoms with E-state index in [2.05, 4.69) is 10.3 Å². The molecule has 0 fully saturated rings. The minimum absolute atomic E-state index is 0.0168. The van der Waals surface area contributed by atoms with Crippen molar-refractivity contribution in [1.82, 2.24) is 10.3 Å². The molecule has 1 N–H and O–H groups in total. The number of benzene rings is 1. The molecule has 0 bridgehead atoms. The largest absolute Gasteiger partial charge is 0.444 e. The monoisotopic (exact) mass is 268 g/mol. The third-order valence-electron chi connectivity index (χ3n) is 2.50. The molecular weight excluding hydrogens is 254 g/mol. The van der Waals surface area contributed by atoms with Crippen LogP contribution in [0.5, 0.6) is 0 Å². The van der Waals surface area contributed by atoms with E-state index in [0.29, 0.717) is 25.4 Å². The van der Waals surface area contributed by atoms with Crippen molar-refractivity contribution in [2.75, 3.05) is 20.3 Å². The number of methoxy groups -OCH3 is 1. The van der Waals surface area contributed by atoms with Crippen LogP contribution in [-0.2, 0) is 11.3 Å². The third-order valence-corrected chi connectivity index (χ3v) is 2.50. The van der Waals surface area contributed by atoms with Gasteiger partial charge in [0.2, 0.25) is 5.89 Å². The van der Waals surface area contributed by atoms with E-state index in [1.165, 1.54) is 6.26 Å². The van der Waals surface area contributed by atoms with E-state index in [1.54, 1.807) is 7.11 Å². The maximum Gasteiger partial charge on any atom is 0.229 e. The van der Waals surface area contributed by atoms with Crippen molar-refractivity contribution in [3.8, 4) is 11.5 Å². The van der Waals surface area contributed by atoms with E-state index < -0.39 is 11.6 Å². The van der Waals surface area contributed by atoms with Crippen molar-refractivity contribution >= 4 is 0 Å². The van der Waals surface area contributed by atoms with Gasteiger partial charge >= 0.3 is 0 Å². The van der Waals surface area contributed by atoms with Crippen LogP contribution in [0, 0.1) is 11.6 Å². The highest BCUT2D eigenvalue weighted by atomic mass is 19.1. The van der Waals surface area contributed by atoms with E-state index in [4.69, 9.17) is 9.15 Å². The van der Waals surface area contributed by atoms with Gasteiger partial charge in [0.25, 0.3) is 0 Å². The first-order valence-electron chi connectivity index (χ1n) is 5.80. The molecule has 0 saturated carbocycles. The average molecular weight is 268 g/mol. The number of halogens is 2. The van der Waals surface area contributed by atoms with Gasteiger partial charge < -0.3 is 14.5 Å². The molecule has 0 saturated heterocycles. The summed E-state index contributed by atoms with van der Waals surface area (Å²) in [5.41, 5.74) is 0.637. The molecule has 1 heterocycles. The van der Waals surface area contributed by atoms with Gasteiger partial charge in [0.15, 0.2) is 0 Å². The number of nitrogens with one attached hydrogen (secondary N) is 1. The van der Waals surface area contributed by atoms with E-state index in [0.717, 1.165) is 18.2 Å². The summed E-state index contributed by atoms with van der Waals surface area (Å²) in [6, 6.07) is 3.16. The summed E-state index contributed by atoms with van der Waals surface area (Å²) in [5.74, 6) is -1.03. The van der Waals surface area contributed by atoms with Gasteiger partial charge in [-0.1, -0.05) is 0 Å². The molecule has 0 amide bonds. The minimum atomic E-state index is -0.567. The summed E-state index contributed by atoms with van der Waals surface area (Å²) < 4.78 is 36.6. The first-order chi connectivity index (χ1) is 9.20. The Labute approximate surface area is 109 Å². The Bertz CT molecular complexity index is 543. The summed E-state index contributed by atoms with van der Waals surface area (Å²) in [7, 11) is 1.61. The van der Waals surface area contributed by atoms with Gasteiger partial charge in [-0.05, 0) is 18.2 Å². The van der Waals surface area contributed by atoms with Gasteiger partial charge in [-0.2, -0.15) is 0 Å². The fraction of sp³-hybridized carbons (Fsp3) is 0.308. The van der Waals surface area contributed by atoms with E-state index in [1.807, 2.05) is 0 Å². The predicted octanol–water partition coefficient (Wildman–Crippen LogP) is 2.36. The van der Waals surface area contributed by atoms with Crippen LogP contribution in [0.3, 0.4) is 0 Å². The highest BCUT2D eigenvalue weighted by molar-refractivity contribution is 5.54. The predicted molar refractivity (Wildman–Crippen MR) is 65.4 cm³/mol. The van der Waals surface area contributed by atoms with E-state index in [-0.39, 0.29) is 11.5 Å². The lowest BCUT2D eigenvalue weighted by Gasteiger charge is -2.00. The van der Waals surface area contributed by atoms with Crippen molar-refractivity contribution in [3.05, 3.63) is 41.8 Å². The summed E-state index contributed by atoms with van der Waals surface area (Å²) in [4.78, 5) is 4.10. The molecular formula is C13H14F2N2O2. The molecule has 4 nitrogen and oxygen atoms in total. The van der Waals surface area contributed by atoms with Gasteiger partial charge in [0, 0.05) is 20.2 Å². The van der Waals surface area contributed by atoms with Crippen LogP contribution < -0.4 is 5.32 Å². The Morgan fingerprint density at radius 1 is 1.37 bits per heavy atom. The van der Waals surface area contributed by atoms with Gasteiger partial charge in [0.05, 0.1) is 17.9 Å². The smallest absolute Gasteiger partial charge is 0.229 e. The number of aromatic nitrogens is 1.